The highest BCUT2D eigenvalue weighted by Gasteiger charge is 2.15. The van der Waals surface area contributed by atoms with Gasteiger partial charge >= 0.3 is 0 Å². The van der Waals surface area contributed by atoms with Crippen molar-refractivity contribution in [3.8, 4) is 0 Å². The minimum absolute atomic E-state index is 0. The Labute approximate surface area is 164 Å². The fraction of sp³-hybridized carbons (Fsp3) is 0.765. The number of hydrogen-bond donors (Lipinski definition) is 2. The predicted molar refractivity (Wildman–Crippen MR) is 113 cm³/mol. The third-order valence-electron chi connectivity index (χ3n) is 4.00. The lowest BCUT2D eigenvalue weighted by molar-refractivity contribution is 0.306. The van der Waals surface area contributed by atoms with Crippen molar-refractivity contribution in [2.24, 2.45) is 17.8 Å². The van der Waals surface area contributed by atoms with Crippen LogP contribution in [0.2, 0.25) is 0 Å². The zero-order valence-electron chi connectivity index (χ0n) is 15.7. The van der Waals surface area contributed by atoms with E-state index >= 15 is 0 Å². The molecular formula is C17H35IN6. The Bertz CT molecular complexity index is 458. The molecule has 0 bridgehead atoms. The van der Waals surface area contributed by atoms with Crippen LogP contribution in [0.4, 0.5) is 0 Å². The van der Waals surface area contributed by atoms with E-state index in [-0.39, 0.29) is 30.0 Å². The summed E-state index contributed by atoms with van der Waals surface area (Å²) in [5.74, 6) is 0.536. The molecule has 0 aromatic carbocycles. The number of halogens is 1. The van der Waals surface area contributed by atoms with Gasteiger partial charge in [0.15, 0.2) is 5.96 Å². The second kappa shape index (κ2) is 13.5. The first kappa shape index (κ1) is 23.2. The molecule has 0 saturated carbocycles. The Balaban J connectivity index is 0.00000529. The molecule has 0 fully saturated rings. The third-order valence-corrected chi connectivity index (χ3v) is 4.00. The monoisotopic (exact) mass is 450 g/mol. The van der Waals surface area contributed by atoms with E-state index in [0.29, 0.717) is 12.5 Å². The normalized spacial score (nSPS) is 13.0. The van der Waals surface area contributed by atoms with Gasteiger partial charge in [-0.05, 0) is 20.5 Å². The van der Waals surface area contributed by atoms with E-state index in [0.717, 1.165) is 18.5 Å². The van der Waals surface area contributed by atoms with Crippen molar-refractivity contribution in [2.45, 2.75) is 51.5 Å². The van der Waals surface area contributed by atoms with E-state index in [1.165, 1.54) is 32.1 Å². The zero-order chi connectivity index (χ0) is 17.1. The molecule has 6 nitrogen and oxygen atoms in total. The lowest BCUT2D eigenvalue weighted by Gasteiger charge is -2.21. The van der Waals surface area contributed by atoms with Gasteiger partial charge in [-0.25, -0.2) is 0 Å². The Hall–Kier alpha value is -0.830. The highest BCUT2D eigenvalue weighted by atomic mass is 127. The van der Waals surface area contributed by atoms with Gasteiger partial charge in [0.1, 0.15) is 0 Å². The second-order valence-corrected chi connectivity index (χ2v) is 6.35. The Morgan fingerprint density at radius 1 is 1.29 bits per heavy atom. The number of likely N-dealkylation sites (N-methyl/N-ethyl adjacent to an activating group) is 1. The number of rotatable bonds is 11. The molecule has 0 amide bonds. The summed E-state index contributed by atoms with van der Waals surface area (Å²) < 4.78 is 1.82. The van der Waals surface area contributed by atoms with Gasteiger partial charge in [-0.1, -0.05) is 39.0 Å². The maximum atomic E-state index is 5.97. The number of aryl methyl sites for hydroxylation is 1. The van der Waals surface area contributed by atoms with Gasteiger partial charge in [-0.15, -0.1) is 24.0 Å². The average molecular weight is 450 g/mol. The summed E-state index contributed by atoms with van der Waals surface area (Å²) in [6, 6.07) is 0.193. The van der Waals surface area contributed by atoms with Gasteiger partial charge in [0.05, 0.1) is 18.8 Å². The van der Waals surface area contributed by atoms with Crippen LogP contribution in [-0.2, 0) is 7.05 Å². The van der Waals surface area contributed by atoms with Gasteiger partial charge in [0.25, 0.3) is 0 Å². The van der Waals surface area contributed by atoms with E-state index < -0.39 is 0 Å². The standard InChI is InChI=1S/C17H34N6.HI/c1-5-6-7-8-9-10-11-19-17(18)20-13-16(22(2)3)15-12-21-23(4)14-15;/h12,14,16H,5-11,13H2,1-4H3,(H3,18,19,20);1H. The maximum Gasteiger partial charge on any atom is 0.188 e. The van der Waals surface area contributed by atoms with E-state index in [1.807, 2.05) is 38.2 Å². The Kier molecular flexibility index (Phi) is 13.0. The van der Waals surface area contributed by atoms with Gasteiger partial charge in [-0.2, -0.15) is 5.10 Å². The molecule has 1 aromatic heterocycles. The Morgan fingerprint density at radius 3 is 2.54 bits per heavy atom. The lowest BCUT2D eigenvalue weighted by Crippen LogP contribution is -2.33. The van der Waals surface area contributed by atoms with Crippen LogP contribution >= 0.6 is 24.0 Å². The molecule has 1 rings (SSSR count). The summed E-state index contributed by atoms with van der Waals surface area (Å²) in [4.78, 5) is 6.62. The summed E-state index contributed by atoms with van der Waals surface area (Å²) in [5.41, 5.74) is 7.12. The molecule has 1 unspecified atom stereocenters. The molecule has 3 N–H and O–H groups in total. The van der Waals surface area contributed by atoms with Crippen LogP contribution in [0.3, 0.4) is 0 Å². The summed E-state index contributed by atoms with van der Waals surface area (Å²) in [6.45, 7) is 3.78. The molecule has 1 aromatic rings. The fourth-order valence-corrected chi connectivity index (χ4v) is 2.54. The van der Waals surface area contributed by atoms with Crippen LogP contribution in [0.25, 0.3) is 0 Å². The van der Waals surface area contributed by atoms with Crippen LogP contribution < -0.4 is 11.1 Å². The molecule has 0 saturated heterocycles. The van der Waals surface area contributed by atoms with Gasteiger partial charge < -0.3 is 16.0 Å². The molecule has 0 aliphatic rings. The van der Waals surface area contributed by atoms with Crippen LogP contribution in [-0.4, -0.2) is 47.8 Å². The minimum atomic E-state index is 0. The number of unbranched alkanes of at least 4 members (excludes halogenated alkanes) is 5. The first-order valence-electron chi connectivity index (χ1n) is 8.73. The Morgan fingerprint density at radius 2 is 1.96 bits per heavy atom. The maximum absolute atomic E-state index is 5.97. The summed E-state index contributed by atoms with van der Waals surface area (Å²) in [7, 11) is 6.02. The number of guanidine groups is 1. The lowest BCUT2D eigenvalue weighted by atomic mass is 10.1. The quantitative estimate of drug-likeness (QED) is 0.235. The predicted octanol–water partition coefficient (Wildman–Crippen LogP) is 2.91. The summed E-state index contributed by atoms with van der Waals surface area (Å²) in [5, 5.41) is 7.45. The van der Waals surface area contributed by atoms with Gasteiger partial charge in [-0.3, -0.25) is 9.67 Å². The highest BCUT2D eigenvalue weighted by Crippen LogP contribution is 2.17. The number of nitrogens with one attached hydrogen (secondary N) is 1. The number of aromatic nitrogens is 2. The molecule has 7 heteroatoms. The zero-order valence-corrected chi connectivity index (χ0v) is 18.0. The smallest absolute Gasteiger partial charge is 0.188 e. The first-order chi connectivity index (χ1) is 11.0. The number of hydrogen-bond acceptors (Lipinski definition) is 3. The topological polar surface area (TPSA) is 71.5 Å². The van der Waals surface area contributed by atoms with Crippen LogP contribution in [0.1, 0.15) is 57.1 Å². The molecule has 140 valence electrons. The molecule has 0 radical (unpaired) electrons. The second-order valence-electron chi connectivity index (χ2n) is 6.35. The van der Waals surface area contributed by atoms with Gasteiger partial charge in [0, 0.05) is 25.4 Å². The van der Waals surface area contributed by atoms with E-state index in [4.69, 9.17) is 5.73 Å². The van der Waals surface area contributed by atoms with E-state index in [1.54, 1.807) is 0 Å². The average Bonchev–Trinajstić information content (AvgIpc) is 2.92. The van der Waals surface area contributed by atoms with Crippen molar-refractivity contribution < 1.29 is 0 Å². The van der Waals surface area contributed by atoms with Crippen molar-refractivity contribution in [2.75, 3.05) is 27.2 Å². The highest BCUT2D eigenvalue weighted by molar-refractivity contribution is 14.0. The molecule has 0 aliphatic heterocycles. The SMILES string of the molecule is CCCCCCCCNC(N)=NCC(c1cnn(C)c1)N(C)C.I. The largest absolute Gasteiger partial charge is 0.370 e. The van der Waals surface area contributed by atoms with Crippen LogP contribution in [0.15, 0.2) is 17.4 Å². The van der Waals surface area contributed by atoms with Crippen LogP contribution in [0.5, 0.6) is 0 Å². The van der Waals surface area contributed by atoms with Crippen molar-refractivity contribution in [3.63, 3.8) is 0 Å². The number of nitrogens with two attached hydrogens (primary N) is 1. The number of aliphatic imine (C=N–C) groups is 1. The van der Waals surface area contributed by atoms with E-state index in [2.05, 4.69) is 27.2 Å². The third kappa shape index (κ3) is 9.46. The molecule has 1 heterocycles. The van der Waals surface area contributed by atoms with Crippen molar-refractivity contribution in [1.82, 2.24) is 20.0 Å². The first-order valence-corrected chi connectivity index (χ1v) is 8.73. The fourth-order valence-electron chi connectivity index (χ4n) is 2.54. The summed E-state index contributed by atoms with van der Waals surface area (Å²) >= 11 is 0. The van der Waals surface area contributed by atoms with Crippen molar-refractivity contribution in [3.05, 3.63) is 18.0 Å². The molecular weight excluding hydrogens is 415 g/mol. The van der Waals surface area contributed by atoms with E-state index in [9.17, 15) is 0 Å². The van der Waals surface area contributed by atoms with Gasteiger partial charge in [0.2, 0.25) is 0 Å². The molecule has 1 atom stereocenters. The molecule has 0 aliphatic carbocycles. The molecule has 24 heavy (non-hydrogen) atoms. The minimum Gasteiger partial charge on any atom is -0.370 e. The number of nitrogens with zero attached hydrogens (tertiary/aromatic N) is 4. The van der Waals surface area contributed by atoms with Crippen LogP contribution in [0, 0.1) is 0 Å². The molecule has 0 spiro atoms. The van der Waals surface area contributed by atoms with Crippen molar-refractivity contribution >= 4 is 29.9 Å². The van der Waals surface area contributed by atoms with Crippen molar-refractivity contribution in [1.29, 1.82) is 0 Å². The summed E-state index contributed by atoms with van der Waals surface area (Å²) in [6.07, 6.45) is 11.6.